The van der Waals surface area contributed by atoms with Crippen molar-refractivity contribution >= 4 is 5.69 Å². The van der Waals surface area contributed by atoms with E-state index in [0.717, 1.165) is 6.07 Å². The standard InChI is InChI=1S/C21H14F6N4/c22-20(23,24)18-9-16(10-19(17(18)11-28)21(25,26)27)31(12-14-5-1-3-7-29-14)13-15-6-2-4-8-30-15/h1-10H,12-13H2. The summed E-state index contributed by atoms with van der Waals surface area (Å²) in [6.45, 7) is -0.143. The van der Waals surface area contributed by atoms with Crippen LogP contribution in [0.3, 0.4) is 0 Å². The monoisotopic (exact) mass is 436 g/mol. The molecule has 0 N–H and O–H groups in total. The van der Waals surface area contributed by atoms with E-state index in [1.54, 1.807) is 36.4 Å². The van der Waals surface area contributed by atoms with E-state index in [2.05, 4.69) is 9.97 Å². The van der Waals surface area contributed by atoms with Gasteiger partial charge >= 0.3 is 12.4 Å². The zero-order valence-electron chi connectivity index (χ0n) is 15.7. The molecule has 10 heteroatoms. The zero-order valence-corrected chi connectivity index (χ0v) is 15.7. The first-order chi connectivity index (χ1) is 14.6. The molecule has 4 nitrogen and oxygen atoms in total. The summed E-state index contributed by atoms with van der Waals surface area (Å²) < 4.78 is 81.2. The van der Waals surface area contributed by atoms with Crippen molar-refractivity contribution in [3.63, 3.8) is 0 Å². The average molecular weight is 436 g/mol. The Morgan fingerprint density at radius 3 is 1.55 bits per heavy atom. The molecule has 0 saturated carbocycles. The second-order valence-electron chi connectivity index (χ2n) is 6.52. The maximum absolute atomic E-state index is 13.5. The third kappa shape index (κ3) is 5.31. The second kappa shape index (κ2) is 8.63. The molecule has 0 bridgehead atoms. The number of aromatic nitrogens is 2. The number of benzene rings is 1. The number of hydrogen-bond donors (Lipinski definition) is 0. The number of pyridine rings is 2. The van der Waals surface area contributed by atoms with E-state index in [1.807, 2.05) is 0 Å². The highest BCUT2D eigenvalue weighted by Gasteiger charge is 2.42. The molecule has 0 aliphatic carbocycles. The topological polar surface area (TPSA) is 52.8 Å². The molecule has 1 aromatic carbocycles. The number of hydrogen-bond acceptors (Lipinski definition) is 4. The van der Waals surface area contributed by atoms with Gasteiger partial charge in [0.1, 0.15) is 6.07 Å². The molecule has 0 fully saturated rings. The number of alkyl halides is 6. The van der Waals surface area contributed by atoms with E-state index < -0.39 is 29.0 Å². The SMILES string of the molecule is N#Cc1c(C(F)(F)F)cc(N(Cc2ccccn2)Cc2ccccn2)cc1C(F)(F)F. The Labute approximate surface area is 173 Å². The summed E-state index contributed by atoms with van der Waals surface area (Å²) in [5, 5.41) is 9.04. The lowest BCUT2D eigenvalue weighted by molar-refractivity contribution is -0.143. The smallest absolute Gasteiger partial charge is 0.360 e. The predicted molar refractivity (Wildman–Crippen MR) is 99.5 cm³/mol. The largest absolute Gasteiger partial charge is 0.417 e. The van der Waals surface area contributed by atoms with Crippen LogP contribution in [0.1, 0.15) is 28.1 Å². The van der Waals surface area contributed by atoms with E-state index in [9.17, 15) is 26.3 Å². The van der Waals surface area contributed by atoms with Gasteiger partial charge in [-0.3, -0.25) is 9.97 Å². The highest BCUT2D eigenvalue weighted by molar-refractivity contribution is 5.60. The Morgan fingerprint density at radius 2 is 1.23 bits per heavy atom. The lowest BCUT2D eigenvalue weighted by Gasteiger charge is -2.27. The van der Waals surface area contributed by atoms with Gasteiger partial charge in [-0.15, -0.1) is 0 Å². The Morgan fingerprint density at radius 1 is 0.774 bits per heavy atom. The van der Waals surface area contributed by atoms with Crippen molar-refractivity contribution in [2.24, 2.45) is 0 Å². The molecule has 0 aliphatic heterocycles. The molecule has 0 unspecified atom stereocenters. The van der Waals surface area contributed by atoms with Gasteiger partial charge in [-0.2, -0.15) is 31.6 Å². The van der Waals surface area contributed by atoms with Gasteiger partial charge in [0.25, 0.3) is 0 Å². The van der Waals surface area contributed by atoms with Crippen molar-refractivity contribution in [1.29, 1.82) is 5.26 Å². The summed E-state index contributed by atoms with van der Waals surface area (Å²) in [6, 6.07) is 12.0. The Hall–Kier alpha value is -3.61. The van der Waals surface area contributed by atoms with E-state index in [0.29, 0.717) is 23.5 Å². The van der Waals surface area contributed by atoms with Gasteiger partial charge in [0, 0.05) is 18.1 Å². The van der Waals surface area contributed by atoms with Gasteiger partial charge in [0.05, 0.1) is 41.2 Å². The highest BCUT2D eigenvalue weighted by atomic mass is 19.4. The molecule has 0 radical (unpaired) electrons. The normalized spacial score (nSPS) is 11.8. The zero-order chi connectivity index (χ0) is 22.6. The fourth-order valence-corrected chi connectivity index (χ4v) is 2.99. The summed E-state index contributed by atoms with van der Waals surface area (Å²) in [7, 11) is 0. The van der Waals surface area contributed by atoms with Crippen molar-refractivity contribution < 1.29 is 26.3 Å². The molecule has 3 rings (SSSR count). The molecule has 2 aromatic heterocycles. The minimum absolute atomic E-state index is 0.0715. The Balaban J connectivity index is 2.18. The molecule has 0 spiro atoms. The third-order valence-corrected chi connectivity index (χ3v) is 4.37. The molecule has 0 saturated heterocycles. The first-order valence-electron chi connectivity index (χ1n) is 8.87. The van der Waals surface area contributed by atoms with E-state index in [-0.39, 0.29) is 18.8 Å². The molecule has 0 atom stereocenters. The number of halogens is 6. The molecule has 2 heterocycles. The van der Waals surface area contributed by atoms with Crippen LogP contribution in [0.15, 0.2) is 60.9 Å². The van der Waals surface area contributed by atoms with E-state index >= 15 is 0 Å². The average Bonchev–Trinajstić information content (AvgIpc) is 2.72. The summed E-state index contributed by atoms with van der Waals surface area (Å²) in [4.78, 5) is 9.51. The van der Waals surface area contributed by atoms with Gasteiger partial charge < -0.3 is 4.90 Å². The van der Waals surface area contributed by atoms with Crippen molar-refractivity contribution in [3.8, 4) is 6.07 Å². The Kier molecular flexibility index (Phi) is 6.15. The van der Waals surface area contributed by atoms with Gasteiger partial charge in [-0.25, -0.2) is 0 Å². The first-order valence-corrected chi connectivity index (χ1v) is 8.87. The van der Waals surface area contributed by atoms with Crippen LogP contribution in [0.4, 0.5) is 32.0 Å². The highest BCUT2D eigenvalue weighted by Crippen LogP contribution is 2.42. The molecular weight excluding hydrogens is 422 g/mol. The maximum atomic E-state index is 13.5. The van der Waals surface area contributed by atoms with Crippen LogP contribution in [0, 0.1) is 11.3 Å². The van der Waals surface area contributed by atoms with Crippen molar-refractivity contribution in [3.05, 3.63) is 89.0 Å². The second-order valence-corrected chi connectivity index (χ2v) is 6.52. The van der Waals surface area contributed by atoms with Crippen molar-refractivity contribution in [2.45, 2.75) is 25.4 Å². The van der Waals surface area contributed by atoms with Crippen LogP contribution < -0.4 is 4.90 Å². The number of nitrogens with zero attached hydrogens (tertiary/aromatic N) is 4. The number of rotatable bonds is 5. The molecule has 0 aliphatic rings. The van der Waals surface area contributed by atoms with Crippen molar-refractivity contribution in [2.75, 3.05) is 4.90 Å². The number of anilines is 1. The molecule has 0 amide bonds. The number of nitriles is 1. The first kappa shape index (κ1) is 22.1. The maximum Gasteiger partial charge on any atom is 0.417 e. The van der Waals surface area contributed by atoms with Gasteiger partial charge in [0.15, 0.2) is 0 Å². The Bertz CT molecular complexity index is 997. The summed E-state index contributed by atoms with van der Waals surface area (Å²) >= 11 is 0. The van der Waals surface area contributed by atoms with Gasteiger partial charge in [0.2, 0.25) is 0 Å². The minimum Gasteiger partial charge on any atom is -0.360 e. The van der Waals surface area contributed by atoms with E-state index in [4.69, 9.17) is 5.26 Å². The van der Waals surface area contributed by atoms with E-state index in [1.165, 1.54) is 17.3 Å². The molecular formula is C21H14F6N4. The summed E-state index contributed by atoms with van der Waals surface area (Å²) in [6.07, 6.45) is -7.36. The van der Waals surface area contributed by atoms with Crippen LogP contribution in [-0.2, 0) is 25.4 Å². The lowest BCUT2D eigenvalue weighted by atomic mass is 9.99. The quantitative estimate of drug-likeness (QED) is 0.489. The van der Waals surface area contributed by atoms with Crippen LogP contribution >= 0.6 is 0 Å². The molecule has 3 aromatic rings. The van der Waals surface area contributed by atoms with Gasteiger partial charge in [-0.1, -0.05) is 12.1 Å². The minimum atomic E-state index is -5.15. The van der Waals surface area contributed by atoms with Crippen LogP contribution in [-0.4, -0.2) is 9.97 Å². The fourth-order valence-electron chi connectivity index (χ4n) is 2.99. The fraction of sp³-hybridized carbons (Fsp3) is 0.190. The third-order valence-electron chi connectivity index (χ3n) is 4.37. The molecule has 31 heavy (non-hydrogen) atoms. The van der Waals surface area contributed by atoms with Gasteiger partial charge in [-0.05, 0) is 36.4 Å². The van der Waals surface area contributed by atoms with Crippen LogP contribution in [0.25, 0.3) is 0 Å². The molecule has 160 valence electrons. The van der Waals surface area contributed by atoms with Crippen molar-refractivity contribution in [1.82, 2.24) is 9.97 Å². The predicted octanol–water partition coefficient (Wildman–Crippen LogP) is 5.59. The summed E-state index contributed by atoms with van der Waals surface area (Å²) in [5.74, 6) is 0. The summed E-state index contributed by atoms with van der Waals surface area (Å²) in [5.41, 5.74) is -4.23. The van der Waals surface area contributed by atoms with Crippen LogP contribution in [0.2, 0.25) is 0 Å². The van der Waals surface area contributed by atoms with Crippen LogP contribution in [0.5, 0.6) is 0 Å². The lowest BCUT2D eigenvalue weighted by Crippen LogP contribution is -2.25.